The molecule has 0 aliphatic heterocycles. The van der Waals surface area contributed by atoms with Crippen molar-refractivity contribution < 1.29 is 13.7 Å². The van der Waals surface area contributed by atoms with Crippen molar-refractivity contribution in [3.63, 3.8) is 0 Å². The summed E-state index contributed by atoms with van der Waals surface area (Å²) < 4.78 is 18.2. The first kappa shape index (κ1) is 18.6. The topological polar surface area (TPSA) is 71.3 Å². The fraction of sp³-hybridized carbons (Fsp3) is 0.250. The lowest BCUT2D eigenvalue weighted by Gasteiger charge is -2.17. The van der Waals surface area contributed by atoms with E-state index in [0.29, 0.717) is 30.2 Å². The fourth-order valence-electron chi connectivity index (χ4n) is 2.47. The number of anilines is 1. The number of benzene rings is 2. The Hall–Kier alpha value is -3.22. The van der Waals surface area contributed by atoms with E-state index < -0.39 is 0 Å². The van der Waals surface area contributed by atoms with E-state index in [9.17, 15) is 9.18 Å². The van der Waals surface area contributed by atoms with Crippen LogP contribution >= 0.6 is 0 Å². The largest absolute Gasteiger partial charge is 0.334 e. The predicted molar refractivity (Wildman–Crippen MR) is 101 cm³/mol. The van der Waals surface area contributed by atoms with Gasteiger partial charge in [-0.05, 0) is 61.4 Å². The molecule has 0 unspecified atom stereocenters. The summed E-state index contributed by atoms with van der Waals surface area (Å²) in [6.07, 6.45) is 0.446. The highest BCUT2D eigenvalue weighted by atomic mass is 19.1. The number of aryl methyl sites for hydroxylation is 2. The van der Waals surface area contributed by atoms with Gasteiger partial charge in [0.2, 0.25) is 0 Å². The Morgan fingerprint density at radius 2 is 1.89 bits per heavy atom. The highest BCUT2D eigenvalue weighted by molar-refractivity contribution is 5.89. The number of carbonyl (C=O) groups excluding carboxylic acids is 1. The molecular weight excluding hydrogens is 347 g/mol. The van der Waals surface area contributed by atoms with Gasteiger partial charge >= 0.3 is 6.03 Å². The lowest BCUT2D eigenvalue weighted by Crippen LogP contribution is -2.33. The van der Waals surface area contributed by atoms with Gasteiger partial charge in [0.25, 0.3) is 5.89 Å². The Kier molecular flexibility index (Phi) is 5.49. The van der Waals surface area contributed by atoms with Crippen LogP contribution in [0.3, 0.4) is 0 Å². The molecule has 7 heteroatoms. The minimum Gasteiger partial charge on any atom is -0.334 e. The molecule has 1 aromatic heterocycles. The average Bonchev–Trinajstić information content (AvgIpc) is 3.12. The van der Waals surface area contributed by atoms with Gasteiger partial charge in [-0.2, -0.15) is 4.98 Å². The van der Waals surface area contributed by atoms with E-state index >= 15 is 0 Å². The van der Waals surface area contributed by atoms with Crippen LogP contribution in [0.2, 0.25) is 0 Å². The first-order chi connectivity index (χ1) is 12.9. The zero-order valence-corrected chi connectivity index (χ0v) is 15.5. The number of hydrogen-bond acceptors (Lipinski definition) is 4. The average molecular weight is 368 g/mol. The normalized spacial score (nSPS) is 10.7. The lowest BCUT2D eigenvalue weighted by atomic mass is 10.1. The van der Waals surface area contributed by atoms with Crippen molar-refractivity contribution in [1.82, 2.24) is 15.0 Å². The van der Waals surface area contributed by atoms with Crippen LogP contribution in [0.4, 0.5) is 14.9 Å². The highest BCUT2D eigenvalue weighted by Gasteiger charge is 2.13. The third-order valence-electron chi connectivity index (χ3n) is 4.33. The van der Waals surface area contributed by atoms with E-state index in [-0.39, 0.29) is 11.8 Å². The number of amides is 2. The van der Waals surface area contributed by atoms with Gasteiger partial charge in [0.15, 0.2) is 5.82 Å². The highest BCUT2D eigenvalue weighted by Crippen LogP contribution is 2.18. The molecule has 2 aromatic carbocycles. The third kappa shape index (κ3) is 4.69. The Bertz CT molecular complexity index is 937. The molecule has 1 heterocycles. The van der Waals surface area contributed by atoms with Crippen molar-refractivity contribution in [3.05, 3.63) is 65.2 Å². The van der Waals surface area contributed by atoms with Crippen LogP contribution in [0.1, 0.15) is 17.0 Å². The lowest BCUT2D eigenvalue weighted by molar-refractivity contribution is 0.222. The molecule has 6 nitrogen and oxygen atoms in total. The van der Waals surface area contributed by atoms with Gasteiger partial charge in [-0.15, -0.1) is 0 Å². The summed E-state index contributed by atoms with van der Waals surface area (Å²) in [6.45, 7) is 4.46. The summed E-state index contributed by atoms with van der Waals surface area (Å²) in [6, 6.07) is 11.4. The molecule has 0 aliphatic rings. The minimum atomic E-state index is -0.324. The van der Waals surface area contributed by atoms with Crippen LogP contribution < -0.4 is 5.32 Å². The molecule has 0 saturated heterocycles. The molecule has 0 spiro atoms. The van der Waals surface area contributed by atoms with Gasteiger partial charge in [-0.25, -0.2) is 9.18 Å². The Balaban J connectivity index is 1.55. The standard InChI is InChI=1S/C20H21FN4O2/c1-13-4-9-17(12-14(13)2)22-20(26)25(3)11-10-18-23-19(27-24-18)15-5-7-16(21)8-6-15/h4-9,12H,10-11H2,1-3H3,(H,22,26). The van der Waals surface area contributed by atoms with Gasteiger partial charge in [-0.3, -0.25) is 0 Å². The smallest absolute Gasteiger partial charge is 0.321 e. The summed E-state index contributed by atoms with van der Waals surface area (Å²) in [5.74, 6) is 0.488. The van der Waals surface area contributed by atoms with Gasteiger partial charge in [0.1, 0.15) is 5.82 Å². The summed E-state index contributed by atoms with van der Waals surface area (Å²) >= 11 is 0. The third-order valence-corrected chi connectivity index (χ3v) is 4.33. The van der Waals surface area contributed by atoms with Crippen LogP contribution in [-0.4, -0.2) is 34.7 Å². The molecule has 0 bridgehead atoms. The van der Waals surface area contributed by atoms with Gasteiger partial charge in [-0.1, -0.05) is 11.2 Å². The van der Waals surface area contributed by atoms with Crippen LogP contribution in [0.25, 0.3) is 11.5 Å². The van der Waals surface area contributed by atoms with Crippen molar-refractivity contribution in [3.8, 4) is 11.5 Å². The number of nitrogens with zero attached hydrogens (tertiary/aromatic N) is 3. The zero-order valence-electron chi connectivity index (χ0n) is 15.5. The molecule has 0 aliphatic carbocycles. The van der Waals surface area contributed by atoms with Crippen LogP contribution in [0, 0.1) is 19.7 Å². The van der Waals surface area contributed by atoms with E-state index in [0.717, 1.165) is 11.3 Å². The molecule has 3 rings (SSSR count). The number of halogens is 1. The SMILES string of the molecule is Cc1ccc(NC(=O)N(C)CCc2noc(-c3ccc(F)cc3)n2)cc1C. The molecule has 2 amide bonds. The second kappa shape index (κ2) is 7.99. The number of likely N-dealkylation sites (N-methyl/N-ethyl adjacent to an activating group) is 1. The summed E-state index contributed by atoms with van der Waals surface area (Å²) in [4.78, 5) is 18.2. The minimum absolute atomic E-state index is 0.208. The van der Waals surface area contributed by atoms with Gasteiger partial charge in [0, 0.05) is 31.3 Å². The van der Waals surface area contributed by atoms with Crippen LogP contribution in [-0.2, 0) is 6.42 Å². The van der Waals surface area contributed by atoms with Crippen LogP contribution in [0.5, 0.6) is 0 Å². The monoisotopic (exact) mass is 368 g/mol. The Morgan fingerprint density at radius 1 is 1.15 bits per heavy atom. The maximum Gasteiger partial charge on any atom is 0.321 e. The van der Waals surface area contributed by atoms with Crippen molar-refractivity contribution in [2.75, 3.05) is 18.9 Å². The first-order valence-corrected chi connectivity index (χ1v) is 8.60. The molecule has 1 N–H and O–H groups in total. The van der Waals surface area contributed by atoms with E-state index in [1.165, 1.54) is 17.7 Å². The molecule has 0 radical (unpaired) electrons. The molecule has 140 valence electrons. The number of aromatic nitrogens is 2. The summed E-state index contributed by atoms with van der Waals surface area (Å²) in [5, 5.41) is 6.78. The summed E-state index contributed by atoms with van der Waals surface area (Å²) in [7, 11) is 1.71. The van der Waals surface area contributed by atoms with Crippen molar-refractivity contribution in [1.29, 1.82) is 0 Å². The van der Waals surface area contributed by atoms with E-state index in [1.54, 1.807) is 24.1 Å². The van der Waals surface area contributed by atoms with Gasteiger partial charge in [0.05, 0.1) is 0 Å². The van der Waals surface area contributed by atoms with E-state index in [1.807, 2.05) is 32.0 Å². The molecular formula is C20H21FN4O2. The number of urea groups is 1. The summed E-state index contributed by atoms with van der Waals surface area (Å²) in [5.41, 5.74) is 3.70. The second-order valence-corrected chi connectivity index (χ2v) is 6.42. The quantitative estimate of drug-likeness (QED) is 0.733. The fourth-order valence-corrected chi connectivity index (χ4v) is 2.47. The molecule has 3 aromatic rings. The van der Waals surface area contributed by atoms with Crippen molar-refractivity contribution >= 4 is 11.7 Å². The second-order valence-electron chi connectivity index (χ2n) is 6.42. The Morgan fingerprint density at radius 3 is 2.59 bits per heavy atom. The predicted octanol–water partition coefficient (Wildman–Crippen LogP) is 4.20. The molecule has 0 fully saturated rings. The maximum absolute atomic E-state index is 13.0. The number of rotatable bonds is 5. The van der Waals surface area contributed by atoms with Crippen molar-refractivity contribution in [2.24, 2.45) is 0 Å². The Labute approximate surface area is 157 Å². The molecule has 0 atom stereocenters. The van der Waals surface area contributed by atoms with Gasteiger partial charge < -0.3 is 14.7 Å². The van der Waals surface area contributed by atoms with Crippen molar-refractivity contribution in [2.45, 2.75) is 20.3 Å². The molecule has 27 heavy (non-hydrogen) atoms. The van der Waals surface area contributed by atoms with E-state index in [2.05, 4.69) is 15.5 Å². The number of hydrogen-bond donors (Lipinski definition) is 1. The zero-order chi connectivity index (χ0) is 19.4. The van der Waals surface area contributed by atoms with E-state index in [4.69, 9.17) is 4.52 Å². The van der Waals surface area contributed by atoms with Crippen LogP contribution in [0.15, 0.2) is 47.0 Å². The molecule has 0 saturated carbocycles. The number of nitrogens with one attached hydrogen (secondary N) is 1. The maximum atomic E-state index is 13.0. The first-order valence-electron chi connectivity index (χ1n) is 8.60. The number of carbonyl (C=O) groups is 1.